The number of fused-ring (bicyclic) bond motifs is 1. The van der Waals surface area contributed by atoms with Crippen molar-refractivity contribution in [2.45, 2.75) is 17.7 Å². The second-order valence-corrected chi connectivity index (χ2v) is 7.00. The summed E-state index contributed by atoms with van der Waals surface area (Å²) in [5, 5.41) is 1.87. The molecule has 0 saturated heterocycles. The number of ketones is 1. The van der Waals surface area contributed by atoms with E-state index >= 15 is 0 Å². The Balaban J connectivity index is 1.95. The highest BCUT2D eigenvalue weighted by Crippen LogP contribution is 2.31. The van der Waals surface area contributed by atoms with Crippen LogP contribution in [0.3, 0.4) is 0 Å². The molecule has 1 saturated carbocycles. The standard InChI is InChI=1S/C15H14O3S/c16-15(12-5-6-12)10-19(17,18)14-8-7-11-3-1-2-4-13(11)9-14/h1-4,7-9,12H,5-6,10H2. The third kappa shape index (κ3) is 2.54. The molecule has 0 atom stereocenters. The van der Waals surface area contributed by atoms with Crippen LogP contribution in [0.1, 0.15) is 12.8 Å². The number of hydrogen-bond donors (Lipinski definition) is 0. The molecule has 1 aliphatic carbocycles. The molecule has 0 heterocycles. The molecule has 2 aromatic carbocycles. The number of Topliss-reactive ketones (excluding diaryl/α,β-unsaturated/α-hetero) is 1. The fraction of sp³-hybridized carbons (Fsp3) is 0.267. The van der Waals surface area contributed by atoms with Gasteiger partial charge >= 0.3 is 0 Å². The largest absolute Gasteiger partial charge is 0.298 e. The first-order chi connectivity index (χ1) is 9.06. The monoisotopic (exact) mass is 274 g/mol. The summed E-state index contributed by atoms with van der Waals surface area (Å²) in [4.78, 5) is 11.9. The van der Waals surface area contributed by atoms with Crippen molar-refractivity contribution >= 4 is 26.4 Å². The van der Waals surface area contributed by atoms with E-state index in [0.29, 0.717) is 0 Å². The molecule has 0 bridgehead atoms. The van der Waals surface area contributed by atoms with Crippen molar-refractivity contribution in [1.29, 1.82) is 0 Å². The van der Waals surface area contributed by atoms with Crippen molar-refractivity contribution in [2.24, 2.45) is 5.92 Å². The Hall–Kier alpha value is -1.68. The fourth-order valence-electron chi connectivity index (χ4n) is 2.15. The lowest BCUT2D eigenvalue weighted by Gasteiger charge is -2.05. The Morgan fingerprint density at radius 2 is 1.74 bits per heavy atom. The van der Waals surface area contributed by atoms with E-state index in [1.54, 1.807) is 18.2 Å². The second kappa shape index (κ2) is 4.46. The summed E-state index contributed by atoms with van der Waals surface area (Å²) in [6.07, 6.45) is 1.68. The fourth-order valence-corrected chi connectivity index (χ4v) is 3.51. The van der Waals surface area contributed by atoms with Crippen molar-refractivity contribution in [2.75, 3.05) is 5.75 Å². The van der Waals surface area contributed by atoms with Gasteiger partial charge in [-0.1, -0.05) is 30.3 Å². The minimum absolute atomic E-state index is 0.0183. The number of carbonyl (C=O) groups is 1. The topological polar surface area (TPSA) is 51.2 Å². The van der Waals surface area contributed by atoms with Crippen LogP contribution in [-0.2, 0) is 14.6 Å². The predicted octanol–water partition coefficient (Wildman–Crippen LogP) is 2.59. The smallest absolute Gasteiger partial charge is 0.185 e. The van der Waals surface area contributed by atoms with Gasteiger partial charge in [0.15, 0.2) is 15.6 Å². The van der Waals surface area contributed by atoms with Gasteiger partial charge in [-0.2, -0.15) is 0 Å². The zero-order chi connectivity index (χ0) is 13.5. The Kier molecular flexibility index (Phi) is 2.90. The van der Waals surface area contributed by atoms with Gasteiger partial charge in [-0.05, 0) is 35.7 Å². The van der Waals surface area contributed by atoms with Gasteiger partial charge in [0.05, 0.1) is 4.90 Å². The lowest BCUT2D eigenvalue weighted by atomic mass is 10.1. The molecule has 4 heteroatoms. The van der Waals surface area contributed by atoms with Crippen LogP contribution < -0.4 is 0 Å². The molecule has 2 aromatic rings. The molecule has 0 N–H and O–H groups in total. The van der Waals surface area contributed by atoms with Gasteiger partial charge in [-0.15, -0.1) is 0 Å². The Bertz CT molecular complexity index is 743. The van der Waals surface area contributed by atoms with E-state index in [1.165, 1.54) is 0 Å². The van der Waals surface area contributed by atoms with E-state index in [2.05, 4.69) is 0 Å². The molecule has 3 nitrogen and oxygen atoms in total. The maximum Gasteiger partial charge on any atom is 0.185 e. The van der Waals surface area contributed by atoms with Gasteiger partial charge < -0.3 is 0 Å². The quantitative estimate of drug-likeness (QED) is 0.861. The van der Waals surface area contributed by atoms with Crippen LogP contribution in [0.2, 0.25) is 0 Å². The summed E-state index contributed by atoms with van der Waals surface area (Å²) in [6.45, 7) is 0. The molecule has 98 valence electrons. The highest BCUT2D eigenvalue weighted by atomic mass is 32.2. The van der Waals surface area contributed by atoms with Crippen LogP contribution >= 0.6 is 0 Å². The number of rotatable bonds is 4. The lowest BCUT2D eigenvalue weighted by Crippen LogP contribution is -2.17. The molecule has 0 amide bonds. The van der Waals surface area contributed by atoms with Crippen LogP contribution in [0, 0.1) is 5.92 Å². The summed E-state index contributed by atoms with van der Waals surface area (Å²) in [5.74, 6) is -0.529. The molecular formula is C15H14O3S. The van der Waals surface area contributed by atoms with Crippen molar-refractivity contribution in [3.05, 3.63) is 42.5 Å². The van der Waals surface area contributed by atoms with E-state index in [-0.39, 0.29) is 22.3 Å². The first-order valence-corrected chi connectivity index (χ1v) is 7.96. The SMILES string of the molecule is O=C(CS(=O)(=O)c1ccc2ccccc2c1)C1CC1. The summed E-state index contributed by atoms with van der Waals surface area (Å²) in [5.41, 5.74) is 0. The summed E-state index contributed by atoms with van der Waals surface area (Å²) < 4.78 is 24.4. The Morgan fingerprint density at radius 1 is 1.05 bits per heavy atom. The average molecular weight is 274 g/mol. The summed E-state index contributed by atoms with van der Waals surface area (Å²) in [7, 11) is -3.51. The van der Waals surface area contributed by atoms with Gasteiger partial charge in [-0.25, -0.2) is 8.42 Å². The number of carbonyl (C=O) groups excluding carboxylic acids is 1. The number of benzene rings is 2. The van der Waals surface area contributed by atoms with Crippen LogP contribution in [-0.4, -0.2) is 20.0 Å². The van der Waals surface area contributed by atoms with Crippen molar-refractivity contribution in [3.63, 3.8) is 0 Å². The molecule has 0 unspecified atom stereocenters. The van der Waals surface area contributed by atoms with E-state index in [9.17, 15) is 13.2 Å². The Morgan fingerprint density at radius 3 is 2.42 bits per heavy atom. The molecule has 19 heavy (non-hydrogen) atoms. The molecular weight excluding hydrogens is 260 g/mol. The van der Waals surface area contributed by atoms with Crippen molar-refractivity contribution in [1.82, 2.24) is 0 Å². The zero-order valence-corrected chi connectivity index (χ0v) is 11.2. The molecule has 1 fully saturated rings. The lowest BCUT2D eigenvalue weighted by molar-refractivity contribution is -0.117. The third-order valence-electron chi connectivity index (χ3n) is 3.45. The molecule has 0 radical (unpaired) electrons. The van der Waals surface area contributed by atoms with Gasteiger partial charge in [0.2, 0.25) is 0 Å². The van der Waals surface area contributed by atoms with E-state index in [1.807, 2.05) is 24.3 Å². The van der Waals surface area contributed by atoms with Gasteiger partial charge in [0.25, 0.3) is 0 Å². The minimum atomic E-state index is -3.51. The maximum atomic E-state index is 12.2. The molecule has 0 spiro atoms. The third-order valence-corrected chi connectivity index (χ3v) is 5.08. The van der Waals surface area contributed by atoms with Crippen molar-refractivity contribution in [3.8, 4) is 0 Å². The van der Waals surface area contributed by atoms with Crippen LogP contribution in [0.25, 0.3) is 10.8 Å². The van der Waals surface area contributed by atoms with Crippen LogP contribution in [0.5, 0.6) is 0 Å². The van der Waals surface area contributed by atoms with Gasteiger partial charge in [0, 0.05) is 5.92 Å². The normalized spacial score (nSPS) is 15.6. The minimum Gasteiger partial charge on any atom is -0.298 e. The molecule has 0 aromatic heterocycles. The molecule has 0 aliphatic heterocycles. The molecule has 1 aliphatic rings. The first-order valence-electron chi connectivity index (χ1n) is 6.30. The van der Waals surface area contributed by atoms with Crippen LogP contribution in [0.4, 0.5) is 0 Å². The predicted molar refractivity (Wildman–Crippen MR) is 73.7 cm³/mol. The van der Waals surface area contributed by atoms with E-state index in [0.717, 1.165) is 23.6 Å². The second-order valence-electron chi connectivity index (χ2n) is 5.01. The highest BCUT2D eigenvalue weighted by Gasteiger charge is 2.33. The number of sulfone groups is 1. The maximum absolute atomic E-state index is 12.2. The molecule has 3 rings (SSSR count). The zero-order valence-electron chi connectivity index (χ0n) is 10.4. The number of hydrogen-bond acceptors (Lipinski definition) is 3. The average Bonchev–Trinajstić information content (AvgIpc) is 3.22. The van der Waals surface area contributed by atoms with Crippen molar-refractivity contribution < 1.29 is 13.2 Å². The summed E-state index contributed by atoms with van der Waals surface area (Å²) in [6, 6.07) is 12.6. The van der Waals surface area contributed by atoms with E-state index < -0.39 is 9.84 Å². The van der Waals surface area contributed by atoms with Crippen LogP contribution in [0.15, 0.2) is 47.4 Å². The highest BCUT2D eigenvalue weighted by molar-refractivity contribution is 7.92. The summed E-state index contributed by atoms with van der Waals surface area (Å²) >= 11 is 0. The van der Waals surface area contributed by atoms with Gasteiger partial charge in [0.1, 0.15) is 5.75 Å². The first kappa shape index (κ1) is 12.4. The van der Waals surface area contributed by atoms with E-state index in [4.69, 9.17) is 0 Å². The Labute approximate surface area is 112 Å². The van der Waals surface area contributed by atoms with Gasteiger partial charge in [-0.3, -0.25) is 4.79 Å².